The third kappa shape index (κ3) is 3.28. The van der Waals surface area contributed by atoms with Crippen LogP contribution in [0, 0.1) is 15.5 Å². The van der Waals surface area contributed by atoms with Crippen molar-refractivity contribution in [2.24, 2.45) is 5.41 Å². The fourth-order valence-corrected chi connectivity index (χ4v) is 1.79. The Labute approximate surface area is 119 Å². The van der Waals surface area contributed by atoms with Crippen LogP contribution in [0.2, 0.25) is 0 Å². The van der Waals surface area contributed by atoms with Crippen molar-refractivity contribution < 1.29 is 28.7 Å². The smallest absolute Gasteiger partial charge is 0.462 e. The molecule has 2 rings (SSSR count). The number of esters is 1. The van der Waals surface area contributed by atoms with E-state index in [1.807, 2.05) is 0 Å². The van der Waals surface area contributed by atoms with Gasteiger partial charge in [0.05, 0.1) is 4.92 Å². The minimum atomic E-state index is -1.07. The Balaban J connectivity index is 1.98. The van der Waals surface area contributed by atoms with Gasteiger partial charge in [0.25, 0.3) is 5.69 Å². The third-order valence-electron chi connectivity index (χ3n) is 2.97. The molecular formula is C13H13NO7. The minimum absolute atomic E-state index is 0.0785. The van der Waals surface area contributed by atoms with Crippen LogP contribution in [0.5, 0.6) is 5.75 Å². The molecule has 1 aromatic carbocycles. The maximum Gasteiger partial charge on any atom is 0.514 e. The standard InChI is InChI=1S/C13H13NO7/c1-13(2)7-19-11(15)10(13)21-12(16)20-9-5-3-8(4-6-9)14(17)18/h3-6,10H,7H2,1-2H3/t10-/m0/s1. The normalized spacial score (nSPS) is 19.7. The second kappa shape index (κ2) is 5.39. The first kappa shape index (κ1) is 14.8. The van der Waals surface area contributed by atoms with E-state index >= 15 is 0 Å². The summed E-state index contributed by atoms with van der Waals surface area (Å²) >= 11 is 0. The molecule has 1 aliphatic heterocycles. The van der Waals surface area contributed by atoms with E-state index in [4.69, 9.17) is 14.2 Å². The molecule has 0 radical (unpaired) electrons. The molecule has 112 valence electrons. The highest BCUT2D eigenvalue weighted by Crippen LogP contribution is 2.31. The third-order valence-corrected chi connectivity index (χ3v) is 2.97. The molecule has 0 aliphatic carbocycles. The van der Waals surface area contributed by atoms with Crippen LogP contribution in [0.4, 0.5) is 10.5 Å². The average molecular weight is 295 g/mol. The van der Waals surface area contributed by atoms with Crippen LogP contribution < -0.4 is 4.74 Å². The molecule has 1 fully saturated rings. The summed E-state index contributed by atoms with van der Waals surface area (Å²) in [6.07, 6.45) is -2.11. The monoisotopic (exact) mass is 295 g/mol. The number of ether oxygens (including phenoxy) is 3. The molecule has 0 unspecified atom stereocenters. The highest BCUT2D eigenvalue weighted by molar-refractivity contribution is 5.80. The van der Waals surface area contributed by atoms with Gasteiger partial charge in [-0.3, -0.25) is 10.1 Å². The number of cyclic esters (lactones) is 1. The van der Waals surface area contributed by atoms with E-state index in [0.29, 0.717) is 0 Å². The summed E-state index contributed by atoms with van der Waals surface area (Å²) in [6, 6.07) is 4.90. The summed E-state index contributed by atoms with van der Waals surface area (Å²) in [6.45, 7) is 3.60. The van der Waals surface area contributed by atoms with Gasteiger partial charge in [0, 0.05) is 17.5 Å². The molecule has 21 heavy (non-hydrogen) atoms. The molecule has 1 heterocycles. The lowest BCUT2D eigenvalue weighted by Gasteiger charge is -2.20. The molecular weight excluding hydrogens is 282 g/mol. The van der Waals surface area contributed by atoms with Crippen LogP contribution >= 0.6 is 0 Å². The van der Waals surface area contributed by atoms with Crippen LogP contribution in [-0.2, 0) is 14.3 Å². The summed E-state index contributed by atoms with van der Waals surface area (Å²) in [5, 5.41) is 10.5. The van der Waals surface area contributed by atoms with Crippen molar-refractivity contribution in [3.63, 3.8) is 0 Å². The van der Waals surface area contributed by atoms with E-state index in [1.54, 1.807) is 13.8 Å². The SMILES string of the molecule is CC1(C)COC(=O)[C@@H]1OC(=O)Oc1ccc([N+](=O)[O-])cc1. The summed E-state index contributed by atoms with van der Waals surface area (Å²) in [5.74, 6) is -0.546. The summed E-state index contributed by atoms with van der Waals surface area (Å²) < 4.78 is 14.6. The number of carbonyl (C=O) groups excluding carboxylic acids is 2. The molecule has 1 aliphatic rings. The van der Waals surface area contributed by atoms with E-state index in [0.717, 1.165) is 0 Å². The molecule has 1 aromatic rings. The first-order chi connectivity index (χ1) is 9.79. The Morgan fingerprint density at radius 1 is 1.38 bits per heavy atom. The molecule has 1 saturated heterocycles. The molecule has 0 N–H and O–H groups in total. The van der Waals surface area contributed by atoms with Crippen LogP contribution in [0.3, 0.4) is 0 Å². The molecule has 0 aromatic heterocycles. The zero-order valence-corrected chi connectivity index (χ0v) is 11.4. The van der Waals surface area contributed by atoms with Gasteiger partial charge in [-0.05, 0) is 12.1 Å². The van der Waals surface area contributed by atoms with Crippen LogP contribution in [0.1, 0.15) is 13.8 Å². The van der Waals surface area contributed by atoms with E-state index in [2.05, 4.69) is 0 Å². The first-order valence-corrected chi connectivity index (χ1v) is 6.09. The first-order valence-electron chi connectivity index (χ1n) is 6.09. The lowest BCUT2D eigenvalue weighted by Crippen LogP contribution is -2.35. The number of hydrogen-bond donors (Lipinski definition) is 0. The van der Waals surface area contributed by atoms with Gasteiger partial charge in [-0.15, -0.1) is 0 Å². The maximum atomic E-state index is 11.6. The molecule has 0 saturated carbocycles. The van der Waals surface area contributed by atoms with Gasteiger partial charge in [0.15, 0.2) is 0 Å². The lowest BCUT2D eigenvalue weighted by atomic mass is 9.90. The molecule has 0 amide bonds. The Hall–Kier alpha value is -2.64. The maximum absolute atomic E-state index is 11.6. The number of hydrogen-bond acceptors (Lipinski definition) is 7. The van der Waals surface area contributed by atoms with Crippen molar-refractivity contribution in [1.82, 2.24) is 0 Å². The number of rotatable bonds is 3. The molecule has 1 atom stereocenters. The van der Waals surface area contributed by atoms with Crippen molar-refractivity contribution in [1.29, 1.82) is 0 Å². The summed E-state index contributed by atoms with van der Waals surface area (Å²) in [4.78, 5) is 33.0. The van der Waals surface area contributed by atoms with Gasteiger partial charge in [-0.25, -0.2) is 9.59 Å². The predicted molar refractivity (Wildman–Crippen MR) is 68.7 cm³/mol. The number of carbonyl (C=O) groups is 2. The number of non-ortho nitro benzene ring substituents is 1. The molecule has 0 bridgehead atoms. The molecule has 8 nitrogen and oxygen atoms in total. The van der Waals surface area contributed by atoms with Crippen LogP contribution in [0.25, 0.3) is 0 Å². The van der Waals surface area contributed by atoms with Gasteiger partial charge < -0.3 is 14.2 Å². The van der Waals surface area contributed by atoms with Crippen molar-refractivity contribution in [3.8, 4) is 5.75 Å². The van der Waals surface area contributed by atoms with Gasteiger partial charge in [-0.1, -0.05) is 13.8 Å². The van der Waals surface area contributed by atoms with E-state index in [9.17, 15) is 19.7 Å². The fraction of sp³-hybridized carbons (Fsp3) is 0.385. The zero-order valence-electron chi connectivity index (χ0n) is 11.4. The summed E-state index contributed by atoms with van der Waals surface area (Å²) in [5.41, 5.74) is -0.762. The van der Waals surface area contributed by atoms with E-state index in [1.165, 1.54) is 24.3 Å². The van der Waals surface area contributed by atoms with E-state index < -0.39 is 28.6 Å². The Kier molecular flexibility index (Phi) is 3.79. The van der Waals surface area contributed by atoms with Gasteiger partial charge >= 0.3 is 12.1 Å². The van der Waals surface area contributed by atoms with Crippen molar-refractivity contribution >= 4 is 17.8 Å². The van der Waals surface area contributed by atoms with Crippen LogP contribution in [0.15, 0.2) is 24.3 Å². The summed E-state index contributed by atoms with van der Waals surface area (Å²) in [7, 11) is 0. The Morgan fingerprint density at radius 2 is 2.00 bits per heavy atom. The largest absolute Gasteiger partial charge is 0.514 e. The minimum Gasteiger partial charge on any atom is -0.462 e. The van der Waals surface area contributed by atoms with Crippen molar-refractivity contribution in [2.45, 2.75) is 20.0 Å². The Bertz CT molecular complexity index is 579. The fourth-order valence-electron chi connectivity index (χ4n) is 1.79. The van der Waals surface area contributed by atoms with Gasteiger partial charge in [0.2, 0.25) is 6.10 Å². The molecule has 8 heteroatoms. The topological polar surface area (TPSA) is 105 Å². The quantitative estimate of drug-likeness (QED) is 0.363. The second-order valence-corrected chi connectivity index (χ2v) is 5.20. The zero-order chi connectivity index (χ0) is 15.6. The molecule has 0 spiro atoms. The van der Waals surface area contributed by atoms with Crippen molar-refractivity contribution in [2.75, 3.05) is 6.61 Å². The highest BCUT2D eigenvalue weighted by Gasteiger charge is 2.47. The average Bonchev–Trinajstić information content (AvgIpc) is 2.66. The predicted octanol–water partition coefficient (Wildman–Crippen LogP) is 2.06. The highest BCUT2D eigenvalue weighted by atomic mass is 16.7. The number of nitro benzene ring substituents is 1. The van der Waals surface area contributed by atoms with E-state index in [-0.39, 0.29) is 18.0 Å². The van der Waals surface area contributed by atoms with Gasteiger partial charge in [-0.2, -0.15) is 0 Å². The second-order valence-electron chi connectivity index (χ2n) is 5.20. The number of benzene rings is 1. The van der Waals surface area contributed by atoms with Gasteiger partial charge in [0.1, 0.15) is 12.4 Å². The lowest BCUT2D eigenvalue weighted by molar-refractivity contribution is -0.384. The van der Waals surface area contributed by atoms with Crippen LogP contribution in [-0.4, -0.2) is 29.8 Å². The number of nitrogens with zero attached hydrogens (tertiary/aromatic N) is 1. The van der Waals surface area contributed by atoms with Crippen molar-refractivity contribution in [3.05, 3.63) is 34.4 Å². The number of nitro groups is 1. The Morgan fingerprint density at radius 3 is 2.48 bits per heavy atom.